The minimum absolute atomic E-state index is 0.260. The molecule has 8 heteroatoms. The van der Waals surface area contributed by atoms with Crippen molar-refractivity contribution in [2.45, 2.75) is 12.5 Å². The lowest BCUT2D eigenvalue weighted by Gasteiger charge is -2.08. The molecule has 21 heavy (non-hydrogen) atoms. The molecule has 0 aliphatic rings. The predicted molar refractivity (Wildman–Crippen MR) is 75.8 cm³/mol. The molecule has 0 spiro atoms. The summed E-state index contributed by atoms with van der Waals surface area (Å²) >= 11 is 1.06. The molecule has 0 fully saturated rings. The van der Waals surface area contributed by atoms with Crippen LogP contribution in [0.5, 0.6) is 0 Å². The minimum Gasteiger partial charge on any atom is -0.467 e. The number of carbonyl (C=O) groups excluding carboxylic acids is 1. The topological polar surface area (TPSA) is 101 Å². The second-order valence-electron chi connectivity index (χ2n) is 4.41. The van der Waals surface area contributed by atoms with Crippen molar-refractivity contribution in [1.29, 1.82) is 0 Å². The summed E-state index contributed by atoms with van der Waals surface area (Å²) in [6, 6.07) is 5.05. The molecule has 3 heterocycles. The van der Waals surface area contributed by atoms with E-state index in [4.69, 9.17) is 4.42 Å². The van der Waals surface area contributed by atoms with E-state index in [0.717, 1.165) is 11.7 Å². The van der Waals surface area contributed by atoms with Crippen molar-refractivity contribution in [2.75, 3.05) is 6.54 Å². The van der Waals surface area contributed by atoms with Gasteiger partial charge in [-0.3, -0.25) is 4.79 Å². The lowest BCUT2D eigenvalue weighted by Crippen LogP contribution is -2.25. The Labute approximate surface area is 124 Å². The number of furan rings is 1. The van der Waals surface area contributed by atoms with Gasteiger partial charge in [0.05, 0.1) is 23.6 Å². The number of fused-ring (bicyclic) bond motifs is 1. The van der Waals surface area contributed by atoms with E-state index in [1.54, 1.807) is 18.2 Å². The number of amides is 1. The average Bonchev–Trinajstić information content (AvgIpc) is 3.17. The summed E-state index contributed by atoms with van der Waals surface area (Å²) in [5.41, 5.74) is 1.55. The van der Waals surface area contributed by atoms with Crippen molar-refractivity contribution in [2.24, 2.45) is 0 Å². The Balaban J connectivity index is 1.56. The van der Waals surface area contributed by atoms with Gasteiger partial charge in [0.15, 0.2) is 5.65 Å². The van der Waals surface area contributed by atoms with Gasteiger partial charge in [0.2, 0.25) is 0 Å². The largest absolute Gasteiger partial charge is 0.467 e. The molecule has 3 aromatic heterocycles. The first-order chi connectivity index (χ1) is 10.2. The van der Waals surface area contributed by atoms with Crippen LogP contribution >= 0.6 is 11.7 Å². The van der Waals surface area contributed by atoms with Crippen LogP contribution < -0.4 is 5.32 Å². The van der Waals surface area contributed by atoms with E-state index in [-0.39, 0.29) is 5.91 Å². The minimum atomic E-state index is -0.733. The number of aliphatic hydroxyl groups is 1. The maximum Gasteiger partial charge on any atom is 0.252 e. The molecule has 0 radical (unpaired) electrons. The summed E-state index contributed by atoms with van der Waals surface area (Å²) in [7, 11) is 0. The Morgan fingerprint density at radius 1 is 1.48 bits per heavy atom. The fraction of sp³-hybridized carbons (Fsp3) is 0.231. The van der Waals surface area contributed by atoms with Gasteiger partial charge in [-0.1, -0.05) is 0 Å². The van der Waals surface area contributed by atoms with E-state index >= 15 is 0 Å². The molecule has 108 valence electrons. The van der Waals surface area contributed by atoms with Crippen LogP contribution in [-0.2, 0) is 0 Å². The third kappa shape index (κ3) is 3.06. The zero-order valence-electron chi connectivity index (χ0n) is 10.9. The third-order valence-electron chi connectivity index (χ3n) is 2.95. The lowest BCUT2D eigenvalue weighted by atomic mass is 10.2. The molecule has 3 rings (SSSR count). The normalized spacial score (nSPS) is 12.4. The van der Waals surface area contributed by atoms with Crippen molar-refractivity contribution < 1.29 is 14.3 Å². The van der Waals surface area contributed by atoms with Crippen LogP contribution in [0.3, 0.4) is 0 Å². The molecule has 3 aromatic rings. The number of aliphatic hydroxyl groups excluding tert-OH is 1. The van der Waals surface area contributed by atoms with Crippen LogP contribution in [0.4, 0.5) is 0 Å². The molecule has 0 saturated heterocycles. The summed E-state index contributed by atoms with van der Waals surface area (Å²) < 4.78 is 13.1. The lowest BCUT2D eigenvalue weighted by molar-refractivity contribution is 0.0936. The number of nitrogens with zero attached hydrogens (tertiary/aromatic N) is 3. The van der Waals surface area contributed by atoms with Gasteiger partial charge in [-0.25, -0.2) is 4.98 Å². The Bertz CT molecular complexity index is 741. The molecule has 7 nitrogen and oxygen atoms in total. The first-order valence-electron chi connectivity index (χ1n) is 6.32. The number of rotatable bonds is 5. The monoisotopic (exact) mass is 304 g/mol. The highest BCUT2D eigenvalue weighted by Crippen LogP contribution is 2.16. The summed E-state index contributed by atoms with van der Waals surface area (Å²) in [6.07, 6.45) is 2.60. The predicted octanol–water partition coefficient (Wildman–Crippen LogP) is 1.53. The molecule has 0 aliphatic heterocycles. The maximum atomic E-state index is 12.0. The van der Waals surface area contributed by atoms with Crippen LogP contribution in [0.2, 0.25) is 0 Å². The van der Waals surface area contributed by atoms with Gasteiger partial charge in [-0.15, -0.1) is 0 Å². The van der Waals surface area contributed by atoms with Gasteiger partial charge in [0.1, 0.15) is 17.4 Å². The SMILES string of the molecule is O=C(NCCC(O)c1ccco1)c1cnc2nsnc2c1. The van der Waals surface area contributed by atoms with Crippen LogP contribution in [-0.4, -0.2) is 31.3 Å². The van der Waals surface area contributed by atoms with Gasteiger partial charge in [-0.05, 0) is 24.6 Å². The van der Waals surface area contributed by atoms with E-state index in [2.05, 4.69) is 19.0 Å². The van der Waals surface area contributed by atoms with Crippen LogP contribution in [0, 0.1) is 0 Å². The van der Waals surface area contributed by atoms with Crippen molar-refractivity contribution in [1.82, 2.24) is 19.0 Å². The number of hydrogen-bond donors (Lipinski definition) is 2. The molecular weight excluding hydrogens is 292 g/mol. The Morgan fingerprint density at radius 2 is 2.38 bits per heavy atom. The summed E-state index contributed by atoms with van der Waals surface area (Å²) in [4.78, 5) is 16.0. The van der Waals surface area contributed by atoms with E-state index in [9.17, 15) is 9.90 Å². The van der Waals surface area contributed by atoms with Gasteiger partial charge >= 0.3 is 0 Å². The number of carbonyl (C=O) groups is 1. The quantitative estimate of drug-likeness (QED) is 0.741. The zero-order chi connectivity index (χ0) is 14.7. The fourth-order valence-electron chi connectivity index (χ4n) is 1.86. The molecule has 0 bridgehead atoms. The molecule has 0 aliphatic carbocycles. The van der Waals surface area contributed by atoms with Crippen LogP contribution in [0.15, 0.2) is 35.1 Å². The smallest absolute Gasteiger partial charge is 0.252 e. The van der Waals surface area contributed by atoms with Crippen LogP contribution in [0.1, 0.15) is 28.6 Å². The van der Waals surface area contributed by atoms with Crippen molar-refractivity contribution in [3.8, 4) is 0 Å². The van der Waals surface area contributed by atoms with Crippen LogP contribution in [0.25, 0.3) is 11.2 Å². The number of hydrogen-bond acceptors (Lipinski definition) is 7. The first kappa shape index (κ1) is 13.7. The Hall–Kier alpha value is -2.32. The van der Waals surface area contributed by atoms with Crippen molar-refractivity contribution in [3.05, 3.63) is 42.0 Å². The highest BCUT2D eigenvalue weighted by molar-refractivity contribution is 7.00. The average molecular weight is 304 g/mol. The molecule has 1 atom stereocenters. The van der Waals surface area contributed by atoms with E-state index in [0.29, 0.717) is 35.5 Å². The molecule has 0 aromatic carbocycles. The number of aromatic nitrogens is 3. The Morgan fingerprint density at radius 3 is 3.19 bits per heavy atom. The molecule has 1 unspecified atom stereocenters. The number of pyridine rings is 1. The highest BCUT2D eigenvalue weighted by Gasteiger charge is 2.12. The highest BCUT2D eigenvalue weighted by atomic mass is 32.1. The molecule has 1 amide bonds. The molecular formula is C13H12N4O3S. The summed E-state index contributed by atoms with van der Waals surface area (Å²) in [6.45, 7) is 0.327. The van der Waals surface area contributed by atoms with E-state index in [1.807, 2.05) is 0 Å². The van der Waals surface area contributed by atoms with Gasteiger partial charge in [0.25, 0.3) is 5.91 Å². The fourth-order valence-corrected chi connectivity index (χ4v) is 2.34. The second kappa shape index (κ2) is 5.98. The van der Waals surface area contributed by atoms with E-state index < -0.39 is 6.10 Å². The van der Waals surface area contributed by atoms with Crippen molar-refractivity contribution >= 4 is 28.8 Å². The van der Waals surface area contributed by atoms with Gasteiger partial charge in [-0.2, -0.15) is 8.75 Å². The van der Waals surface area contributed by atoms with Crippen molar-refractivity contribution in [3.63, 3.8) is 0 Å². The zero-order valence-corrected chi connectivity index (χ0v) is 11.7. The second-order valence-corrected chi connectivity index (χ2v) is 4.94. The van der Waals surface area contributed by atoms with E-state index in [1.165, 1.54) is 12.5 Å². The standard InChI is InChI=1S/C13H12N4O3S/c18-10(11-2-1-5-20-11)3-4-14-13(19)8-6-9-12(15-7-8)17-21-16-9/h1-2,5-7,10,18H,3-4H2,(H,14,19). The summed E-state index contributed by atoms with van der Waals surface area (Å²) in [5, 5.41) is 12.6. The first-order valence-corrected chi connectivity index (χ1v) is 7.05. The van der Waals surface area contributed by atoms with Gasteiger partial charge in [0, 0.05) is 12.7 Å². The Kier molecular flexibility index (Phi) is 3.89. The third-order valence-corrected chi connectivity index (χ3v) is 3.48. The molecule has 2 N–H and O–H groups in total. The number of nitrogens with one attached hydrogen (secondary N) is 1. The molecule has 0 saturated carbocycles. The maximum absolute atomic E-state index is 12.0. The summed E-state index contributed by atoms with van der Waals surface area (Å²) in [5.74, 6) is 0.227. The van der Waals surface area contributed by atoms with Gasteiger partial charge < -0.3 is 14.8 Å².